The second-order valence-electron chi connectivity index (χ2n) is 8.69. The number of amides is 2. The van der Waals surface area contributed by atoms with Gasteiger partial charge in [0.25, 0.3) is 11.8 Å². The maximum absolute atomic E-state index is 13.4. The van der Waals surface area contributed by atoms with Crippen LogP contribution in [0.15, 0.2) is 48.5 Å². The first-order valence-electron chi connectivity index (χ1n) is 12.0. The lowest BCUT2D eigenvalue weighted by molar-refractivity contribution is 0.101. The molecule has 0 aliphatic carbocycles. The summed E-state index contributed by atoms with van der Waals surface area (Å²) in [6, 6.07) is 14.1. The average Bonchev–Trinajstić information content (AvgIpc) is 3.30. The van der Waals surface area contributed by atoms with Gasteiger partial charge in [0, 0.05) is 36.5 Å². The molecule has 4 rings (SSSR count). The second kappa shape index (κ2) is 11.8. The number of nitrogens with zero attached hydrogens (tertiary/aromatic N) is 1. The number of methoxy groups -OCH3 is 1. The summed E-state index contributed by atoms with van der Waals surface area (Å²) in [6.07, 6.45) is 2.26. The van der Waals surface area contributed by atoms with Crippen molar-refractivity contribution in [1.82, 2.24) is 9.97 Å². The minimum atomic E-state index is -0.370. The molecule has 1 heterocycles. The van der Waals surface area contributed by atoms with Crippen LogP contribution in [0.2, 0.25) is 10.0 Å². The van der Waals surface area contributed by atoms with Crippen LogP contribution in [0.3, 0.4) is 0 Å². The lowest BCUT2D eigenvalue weighted by atomic mass is 10.1. The lowest BCUT2D eigenvalue weighted by Gasteiger charge is -2.12. The number of rotatable bonds is 9. The van der Waals surface area contributed by atoms with Crippen LogP contribution in [0.1, 0.15) is 51.0 Å². The van der Waals surface area contributed by atoms with E-state index >= 15 is 0 Å². The molecule has 0 aliphatic heterocycles. The molecule has 4 aromatic rings. The first-order valence-corrected chi connectivity index (χ1v) is 12.7. The van der Waals surface area contributed by atoms with E-state index < -0.39 is 0 Å². The fraction of sp³-hybridized carbons (Fsp3) is 0.250. The van der Waals surface area contributed by atoms with Crippen LogP contribution in [0.4, 0.5) is 11.4 Å². The molecule has 0 saturated heterocycles. The number of halogens is 2. The topological polar surface area (TPSA) is 96.1 Å². The van der Waals surface area contributed by atoms with E-state index in [4.69, 9.17) is 27.9 Å². The Labute approximate surface area is 225 Å². The number of H-pyrrole nitrogens is 1. The van der Waals surface area contributed by atoms with E-state index in [1.54, 1.807) is 49.6 Å². The SMILES string of the molecule is CCc1nc2c(C(=O)Nc3cccc(Cl)c3C)cc(NC(=O)c3cc(CCCOC)ccc3Cl)cc2[nH]1. The third-order valence-corrected chi connectivity index (χ3v) is 6.82. The predicted octanol–water partition coefficient (Wildman–Crippen LogP) is 6.82. The molecule has 0 atom stereocenters. The molecule has 9 heteroatoms. The van der Waals surface area contributed by atoms with E-state index in [0.29, 0.717) is 56.6 Å². The number of fused-ring (bicyclic) bond motifs is 1. The number of aromatic amines is 1. The lowest BCUT2D eigenvalue weighted by Crippen LogP contribution is -2.16. The van der Waals surface area contributed by atoms with Crippen LogP contribution in [-0.2, 0) is 17.6 Å². The zero-order valence-corrected chi connectivity index (χ0v) is 22.4. The maximum atomic E-state index is 13.4. The fourth-order valence-electron chi connectivity index (χ4n) is 4.03. The van der Waals surface area contributed by atoms with Gasteiger partial charge in [-0.1, -0.05) is 42.3 Å². The largest absolute Gasteiger partial charge is 0.385 e. The van der Waals surface area contributed by atoms with E-state index in [-0.39, 0.29) is 11.8 Å². The molecule has 0 saturated carbocycles. The van der Waals surface area contributed by atoms with Crippen molar-refractivity contribution in [2.75, 3.05) is 24.4 Å². The number of anilines is 2. The van der Waals surface area contributed by atoms with Crippen molar-refractivity contribution in [3.05, 3.63) is 86.7 Å². The number of hydrogen-bond donors (Lipinski definition) is 3. The molecule has 0 aliphatic rings. The Morgan fingerprint density at radius 3 is 2.54 bits per heavy atom. The van der Waals surface area contributed by atoms with Crippen molar-refractivity contribution >= 4 is 57.4 Å². The van der Waals surface area contributed by atoms with E-state index in [0.717, 1.165) is 29.8 Å². The summed E-state index contributed by atoms with van der Waals surface area (Å²) < 4.78 is 5.12. The quantitative estimate of drug-likeness (QED) is 0.203. The Morgan fingerprint density at radius 2 is 1.78 bits per heavy atom. The molecule has 192 valence electrons. The molecule has 0 unspecified atom stereocenters. The van der Waals surface area contributed by atoms with Crippen LogP contribution in [0, 0.1) is 6.92 Å². The molecule has 0 radical (unpaired) electrons. The first-order chi connectivity index (χ1) is 17.8. The fourth-order valence-corrected chi connectivity index (χ4v) is 4.41. The molecular weight excluding hydrogens is 511 g/mol. The van der Waals surface area contributed by atoms with Crippen LogP contribution >= 0.6 is 23.2 Å². The number of nitrogens with one attached hydrogen (secondary N) is 3. The van der Waals surface area contributed by atoms with Crippen molar-refractivity contribution in [1.29, 1.82) is 0 Å². The number of hydrogen-bond acceptors (Lipinski definition) is 4. The molecule has 0 spiro atoms. The zero-order valence-electron chi connectivity index (χ0n) is 20.9. The van der Waals surface area contributed by atoms with E-state index in [9.17, 15) is 9.59 Å². The highest BCUT2D eigenvalue weighted by molar-refractivity contribution is 6.34. The highest BCUT2D eigenvalue weighted by Gasteiger charge is 2.19. The normalized spacial score (nSPS) is 11.1. The number of aromatic nitrogens is 2. The summed E-state index contributed by atoms with van der Waals surface area (Å²) in [7, 11) is 1.66. The summed E-state index contributed by atoms with van der Waals surface area (Å²) in [5.41, 5.74) is 4.63. The van der Waals surface area contributed by atoms with E-state index in [1.165, 1.54) is 0 Å². The molecule has 3 N–H and O–H groups in total. The minimum Gasteiger partial charge on any atom is -0.385 e. The smallest absolute Gasteiger partial charge is 0.258 e. The van der Waals surface area contributed by atoms with E-state index in [2.05, 4.69) is 20.6 Å². The Balaban J connectivity index is 1.66. The minimum absolute atomic E-state index is 0.322. The number of carbonyl (C=O) groups excluding carboxylic acids is 2. The third kappa shape index (κ3) is 6.13. The van der Waals surface area contributed by atoms with Gasteiger partial charge in [-0.05, 0) is 67.3 Å². The van der Waals surface area contributed by atoms with Crippen LogP contribution in [0.5, 0.6) is 0 Å². The molecule has 3 aromatic carbocycles. The molecule has 7 nitrogen and oxygen atoms in total. The van der Waals surface area contributed by atoms with Gasteiger partial charge < -0.3 is 20.4 Å². The molecule has 2 amide bonds. The molecule has 1 aromatic heterocycles. The zero-order chi connectivity index (χ0) is 26.5. The Bertz CT molecular complexity index is 1470. The van der Waals surface area contributed by atoms with Gasteiger partial charge >= 0.3 is 0 Å². The van der Waals surface area contributed by atoms with Gasteiger partial charge in [-0.15, -0.1) is 0 Å². The van der Waals surface area contributed by atoms with Gasteiger partial charge in [0.2, 0.25) is 0 Å². The molecule has 37 heavy (non-hydrogen) atoms. The standard InChI is InChI=1S/C28H28Cl2N4O3/c1-4-25-32-24-15-18(31-27(35)19-13-17(7-6-12-37-3)10-11-22(19)30)14-20(26(24)34-25)28(36)33-23-9-5-8-21(29)16(23)2/h5,8-11,13-15H,4,6-7,12H2,1-3H3,(H,31,35)(H,32,34)(H,33,36). The predicted molar refractivity (Wildman–Crippen MR) is 149 cm³/mol. The second-order valence-corrected chi connectivity index (χ2v) is 9.50. The van der Waals surface area contributed by atoms with Gasteiger partial charge in [0.05, 0.1) is 21.7 Å². The van der Waals surface area contributed by atoms with Crippen molar-refractivity contribution in [2.24, 2.45) is 0 Å². The molecular formula is C28H28Cl2N4O3. The number of aryl methyl sites for hydroxylation is 2. The highest BCUT2D eigenvalue weighted by Crippen LogP contribution is 2.28. The van der Waals surface area contributed by atoms with Crippen molar-refractivity contribution in [3.63, 3.8) is 0 Å². The Kier molecular flexibility index (Phi) is 8.48. The average molecular weight is 539 g/mol. The van der Waals surface area contributed by atoms with Gasteiger partial charge in [-0.3, -0.25) is 9.59 Å². The van der Waals surface area contributed by atoms with Crippen molar-refractivity contribution < 1.29 is 14.3 Å². The maximum Gasteiger partial charge on any atom is 0.258 e. The Hall–Kier alpha value is -3.39. The van der Waals surface area contributed by atoms with Gasteiger partial charge in [-0.25, -0.2) is 4.98 Å². The van der Waals surface area contributed by atoms with Gasteiger partial charge in [-0.2, -0.15) is 0 Å². The van der Waals surface area contributed by atoms with Crippen molar-refractivity contribution in [3.8, 4) is 0 Å². The Morgan fingerprint density at radius 1 is 1.00 bits per heavy atom. The monoisotopic (exact) mass is 538 g/mol. The van der Waals surface area contributed by atoms with Crippen LogP contribution in [0.25, 0.3) is 11.0 Å². The van der Waals surface area contributed by atoms with Crippen LogP contribution < -0.4 is 10.6 Å². The summed E-state index contributed by atoms with van der Waals surface area (Å²) in [5.74, 6) is 0.00211. The van der Waals surface area contributed by atoms with Crippen molar-refractivity contribution in [2.45, 2.75) is 33.1 Å². The van der Waals surface area contributed by atoms with Crippen LogP contribution in [-0.4, -0.2) is 35.5 Å². The first kappa shape index (κ1) is 26.7. The molecule has 0 fully saturated rings. The number of ether oxygens (including phenoxy) is 1. The summed E-state index contributed by atoms with van der Waals surface area (Å²) in [5, 5.41) is 6.71. The number of carbonyl (C=O) groups is 2. The van der Waals surface area contributed by atoms with E-state index in [1.807, 2.05) is 19.9 Å². The van der Waals surface area contributed by atoms with Gasteiger partial charge in [0.1, 0.15) is 11.3 Å². The summed E-state index contributed by atoms with van der Waals surface area (Å²) >= 11 is 12.6. The highest BCUT2D eigenvalue weighted by atomic mass is 35.5. The number of benzene rings is 3. The third-order valence-electron chi connectivity index (χ3n) is 6.08. The summed E-state index contributed by atoms with van der Waals surface area (Å²) in [6.45, 7) is 4.44. The molecule has 0 bridgehead atoms. The summed E-state index contributed by atoms with van der Waals surface area (Å²) in [4.78, 5) is 34.4. The van der Waals surface area contributed by atoms with Gasteiger partial charge in [0.15, 0.2) is 0 Å². The number of imidazole rings is 1.